The number of anilines is 2. The van der Waals surface area contributed by atoms with Crippen LogP contribution in [0, 0.1) is 0 Å². The number of pyridine rings is 1. The summed E-state index contributed by atoms with van der Waals surface area (Å²) in [6.45, 7) is 0. The van der Waals surface area contributed by atoms with Crippen LogP contribution >= 0.6 is 0 Å². The van der Waals surface area contributed by atoms with Gasteiger partial charge in [-0.15, -0.1) is 0 Å². The number of alkyl halides is 3. The lowest BCUT2D eigenvalue weighted by molar-refractivity contribution is -0.0665. The monoisotopic (exact) mass is 353 g/mol. The molecular weight excluding hydrogens is 339 g/mol. The second kappa shape index (κ2) is 7.32. The van der Waals surface area contributed by atoms with E-state index in [9.17, 15) is 18.0 Å². The lowest BCUT2D eigenvalue weighted by Crippen LogP contribution is -2.21. The van der Waals surface area contributed by atoms with Gasteiger partial charge in [0.15, 0.2) is 0 Å². The standard InChI is InChI=1S/C15H14F3N5O2/c16-12(17)13(18)25-11-4-5-19-7-10(11)22-14(24)9-3-6-20-15(23-9)21-8-1-2-8/h3-8,12-13H,1-2H2,(H,22,24)(H,20,21,23). The summed E-state index contributed by atoms with van der Waals surface area (Å²) in [4.78, 5) is 24.1. The SMILES string of the molecule is O=C(Nc1cnccc1OC(F)C(F)F)c1ccnc(NC2CC2)n1. The molecule has 1 fully saturated rings. The van der Waals surface area contributed by atoms with Gasteiger partial charge in [-0.05, 0) is 18.9 Å². The predicted octanol–water partition coefficient (Wildman–Crippen LogP) is 2.64. The third kappa shape index (κ3) is 4.55. The maximum atomic E-state index is 13.1. The second-order valence-corrected chi connectivity index (χ2v) is 5.31. The van der Waals surface area contributed by atoms with Crippen LogP contribution in [0.5, 0.6) is 5.75 Å². The molecule has 132 valence electrons. The van der Waals surface area contributed by atoms with E-state index in [-0.39, 0.29) is 17.1 Å². The first-order chi connectivity index (χ1) is 12.0. The first-order valence-corrected chi connectivity index (χ1v) is 7.47. The fourth-order valence-corrected chi connectivity index (χ4v) is 1.90. The molecule has 0 saturated heterocycles. The summed E-state index contributed by atoms with van der Waals surface area (Å²) in [5.74, 6) is -0.576. The lowest BCUT2D eigenvalue weighted by Gasteiger charge is -2.14. The van der Waals surface area contributed by atoms with Crippen LogP contribution in [-0.2, 0) is 0 Å². The molecule has 0 aliphatic heterocycles. The van der Waals surface area contributed by atoms with Gasteiger partial charge in [0.2, 0.25) is 5.95 Å². The largest absolute Gasteiger partial charge is 0.452 e. The minimum Gasteiger partial charge on any atom is -0.452 e. The number of ether oxygens (including phenoxy) is 1. The summed E-state index contributed by atoms with van der Waals surface area (Å²) in [5, 5.41) is 5.46. The van der Waals surface area contributed by atoms with Gasteiger partial charge in [0.05, 0.1) is 6.20 Å². The van der Waals surface area contributed by atoms with Crippen LogP contribution < -0.4 is 15.4 Å². The molecule has 0 aromatic carbocycles. The number of hydrogen-bond donors (Lipinski definition) is 2. The van der Waals surface area contributed by atoms with Crippen LogP contribution in [-0.4, -0.2) is 39.7 Å². The fourth-order valence-electron chi connectivity index (χ4n) is 1.90. The molecule has 1 unspecified atom stereocenters. The molecule has 2 aromatic heterocycles. The number of hydrogen-bond acceptors (Lipinski definition) is 6. The van der Waals surface area contributed by atoms with Crippen molar-refractivity contribution in [3.63, 3.8) is 0 Å². The van der Waals surface area contributed by atoms with Crippen molar-refractivity contribution >= 4 is 17.5 Å². The zero-order valence-corrected chi connectivity index (χ0v) is 12.8. The molecule has 1 amide bonds. The molecular formula is C15H14F3N5O2. The molecule has 2 aromatic rings. The van der Waals surface area contributed by atoms with Crippen molar-refractivity contribution in [2.24, 2.45) is 0 Å². The highest BCUT2D eigenvalue weighted by atomic mass is 19.3. The van der Waals surface area contributed by atoms with Gasteiger partial charge in [0.1, 0.15) is 17.1 Å². The minimum atomic E-state index is -3.31. The Morgan fingerprint density at radius 2 is 2.04 bits per heavy atom. The van der Waals surface area contributed by atoms with Gasteiger partial charge in [-0.1, -0.05) is 0 Å². The maximum Gasteiger partial charge on any atom is 0.304 e. The Labute approximate surface area is 140 Å². The number of nitrogens with one attached hydrogen (secondary N) is 2. The summed E-state index contributed by atoms with van der Waals surface area (Å²) >= 11 is 0. The number of halogens is 3. The van der Waals surface area contributed by atoms with E-state index < -0.39 is 18.7 Å². The Kier molecular flexibility index (Phi) is 4.96. The van der Waals surface area contributed by atoms with Crippen molar-refractivity contribution in [1.82, 2.24) is 15.0 Å². The van der Waals surface area contributed by atoms with Crippen LogP contribution in [0.1, 0.15) is 23.3 Å². The zero-order chi connectivity index (χ0) is 17.8. The van der Waals surface area contributed by atoms with E-state index in [0.717, 1.165) is 19.0 Å². The van der Waals surface area contributed by atoms with E-state index in [0.29, 0.717) is 12.0 Å². The Morgan fingerprint density at radius 3 is 2.76 bits per heavy atom. The predicted molar refractivity (Wildman–Crippen MR) is 82.4 cm³/mol. The van der Waals surface area contributed by atoms with Crippen LogP contribution in [0.25, 0.3) is 0 Å². The molecule has 7 nitrogen and oxygen atoms in total. The summed E-state index contributed by atoms with van der Waals surface area (Å²) in [6, 6.07) is 2.87. The molecule has 1 aliphatic rings. The maximum absolute atomic E-state index is 13.1. The molecule has 2 N–H and O–H groups in total. The molecule has 0 spiro atoms. The van der Waals surface area contributed by atoms with Gasteiger partial charge in [-0.3, -0.25) is 9.78 Å². The Hall–Kier alpha value is -2.91. The molecule has 1 saturated carbocycles. The van der Waals surface area contributed by atoms with E-state index in [4.69, 9.17) is 0 Å². The number of aromatic nitrogens is 3. The number of nitrogens with zero attached hydrogens (tertiary/aromatic N) is 3. The van der Waals surface area contributed by atoms with Crippen molar-refractivity contribution in [2.75, 3.05) is 10.6 Å². The van der Waals surface area contributed by atoms with Crippen molar-refractivity contribution in [3.8, 4) is 5.75 Å². The third-order valence-corrected chi connectivity index (χ3v) is 3.27. The van der Waals surface area contributed by atoms with E-state index >= 15 is 0 Å². The average molecular weight is 353 g/mol. The van der Waals surface area contributed by atoms with Crippen LogP contribution in [0.15, 0.2) is 30.7 Å². The lowest BCUT2D eigenvalue weighted by atomic mass is 10.3. The smallest absolute Gasteiger partial charge is 0.304 e. The first kappa shape index (κ1) is 16.9. The van der Waals surface area contributed by atoms with E-state index in [1.807, 2.05) is 0 Å². The topological polar surface area (TPSA) is 89.0 Å². The third-order valence-electron chi connectivity index (χ3n) is 3.27. The van der Waals surface area contributed by atoms with Crippen LogP contribution in [0.2, 0.25) is 0 Å². The minimum absolute atomic E-state index is 0.0499. The average Bonchev–Trinajstić information content (AvgIpc) is 3.40. The summed E-state index contributed by atoms with van der Waals surface area (Å²) < 4.78 is 42.2. The van der Waals surface area contributed by atoms with E-state index in [2.05, 4.69) is 30.3 Å². The number of rotatable bonds is 7. The van der Waals surface area contributed by atoms with Gasteiger partial charge >= 0.3 is 6.43 Å². The quantitative estimate of drug-likeness (QED) is 0.795. The highest BCUT2D eigenvalue weighted by molar-refractivity contribution is 6.03. The molecule has 2 heterocycles. The molecule has 1 atom stereocenters. The first-order valence-electron chi connectivity index (χ1n) is 7.47. The van der Waals surface area contributed by atoms with Crippen LogP contribution in [0.3, 0.4) is 0 Å². The van der Waals surface area contributed by atoms with Gasteiger partial charge in [0, 0.05) is 24.5 Å². The van der Waals surface area contributed by atoms with Crippen molar-refractivity contribution in [3.05, 3.63) is 36.4 Å². The van der Waals surface area contributed by atoms with Gasteiger partial charge in [-0.2, -0.15) is 4.39 Å². The Bertz CT molecular complexity index is 757. The Morgan fingerprint density at radius 1 is 1.24 bits per heavy atom. The van der Waals surface area contributed by atoms with E-state index in [1.165, 1.54) is 24.5 Å². The molecule has 10 heteroatoms. The van der Waals surface area contributed by atoms with Gasteiger partial charge in [-0.25, -0.2) is 18.7 Å². The normalized spacial score (nSPS) is 14.9. The number of carbonyl (C=O) groups excluding carboxylic acids is 1. The summed E-state index contributed by atoms with van der Waals surface area (Å²) in [7, 11) is 0. The number of carbonyl (C=O) groups is 1. The fraction of sp³-hybridized carbons (Fsp3) is 0.333. The summed E-state index contributed by atoms with van der Waals surface area (Å²) in [6.07, 6.45) is -0.278. The summed E-state index contributed by atoms with van der Waals surface area (Å²) in [5.41, 5.74) is 0.00438. The van der Waals surface area contributed by atoms with Crippen LogP contribution in [0.4, 0.5) is 24.8 Å². The molecule has 25 heavy (non-hydrogen) atoms. The molecule has 3 rings (SSSR count). The van der Waals surface area contributed by atoms with E-state index in [1.54, 1.807) is 0 Å². The van der Waals surface area contributed by atoms with Crippen molar-refractivity contribution in [1.29, 1.82) is 0 Å². The molecule has 1 aliphatic carbocycles. The highest BCUT2D eigenvalue weighted by Crippen LogP contribution is 2.26. The second-order valence-electron chi connectivity index (χ2n) is 5.31. The molecule has 0 bridgehead atoms. The van der Waals surface area contributed by atoms with Gasteiger partial charge < -0.3 is 15.4 Å². The van der Waals surface area contributed by atoms with Crippen molar-refractivity contribution in [2.45, 2.75) is 31.7 Å². The van der Waals surface area contributed by atoms with Gasteiger partial charge in [0.25, 0.3) is 12.3 Å². The Balaban J connectivity index is 1.72. The molecule has 0 radical (unpaired) electrons. The van der Waals surface area contributed by atoms with Crippen molar-refractivity contribution < 1.29 is 22.7 Å². The highest BCUT2D eigenvalue weighted by Gasteiger charge is 2.24. The zero-order valence-electron chi connectivity index (χ0n) is 12.8. The number of amides is 1.